The number of methoxy groups -OCH3 is 1. The maximum atomic E-state index is 12.7. The molecule has 1 saturated carbocycles. The van der Waals surface area contributed by atoms with Crippen molar-refractivity contribution >= 4 is 11.8 Å². The minimum absolute atomic E-state index is 0.00606. The Bertz CT molecular complexity index is 396. The Kier molecular flexibility index (Phi) is 6.84. The van der Waals surface area contributed by atoms with Gasteiger partial charge in [-0.15, -0.1) is 0 Å². The number of hydrogen-bond donors (Lipinski definition) is 3. The van der Waals surface area contributed by atoms with E-state index in [4.69, 9.17) is 4.74 Å². The monoisotopic (exact) mass is 325 g/mol. The Morgan fingerprint density at radius 3 is 2.48 bits per heavy atom. The van der Waals surface area contributed by atoms with Crippen molar-refractivity contribution in [3.8, 4) is 0 Å². The summed E-state index contributed by atoms with van der Waals surface area (Å²) in [6, 6.07) is -0.392. The first-order valence-electron chi connectivity index (χ1n) is 8.81. The minimum Gasteiger partial charge on any atom is -0.384 e. The zero-order valence-electron chi connectivity index (χ0n) is 14.5. The Hall–Kier alpha value is -1.14. The lowest BCUT2D eigenvalue weighted by Crippen LogP contribution is -2.53. The van der Waals surface area contributed by atoms with E-state index in [1.165, 1.54) is 6.92 Å². The summed E-state index contributed by atoms with van der Waals surface area (Å²) in [6.45, 7) is 4.66. The van der Waals surface area contributed by atoms with Crippen LogP contribution in [0.5, 0.6) is 0 Å². The highest BCUT2D eigenvalue weighted by molar-refractivity contribution is 5.87. The summed E-state index contributed by atoms with van der Waals surface area (Å²) >= 11 is 0. The minimum atomic E-state index is -0.392. The van der Waals surface area contributed by atoms with Crippen molar-refractivity contribution in [2.45, 2.75) is 51.5 Å². The second-order valence-corrected chi connectivity index (χ2v) is 7.12. The summed E-state index contributed by atoms with van der Waals surface area (Å²) in [4.78, 5) is 24.1. The van der Waals surface area contributed by atoms with Gasteiger partial charge in [-0.05, 0) is 44.7 Å². The van der Waals surface area contributed by atoms with Gasteiger partial charge in [-0.1, -0.05) is 12.8 Å². The average molecular weight is 325 g/mol. The molecule has 23 heavy (non-hydrogen) atoms. The van der Waals surface area contributed by atoms with Gasteiger partial charge in [0.15, 0.2) is 0 Å². The zero-order valence-corrected chi connectivity index (χ0v) is 14.5. The van der Waals surface area contributed by atoms with Crippen LogP contribution in [0.3, 0.4) is 0 Å². The molecule has 0 aromatic rings. The van der Waals surface area contributed by atoms with Gasteiger partial charge >= 0.3 is 0 Å². The van der Waals surface area contributed by atoms with Crippen molar-refractivity contribution in [1.29, 1.82) is 0 Å². The number of amides is 2. The van der Waals surface area contributed by atoms with Gasteiger partial charge in [0.05, 0.1) is 6.61 Å². The molecule has 2 rings (SSSR count). The lowest BCUT2D eigenvalue weighted by molar-refractivity contribution is -0.130. The quantitative estimate of drug-likeness (QED) is 0.647. The molecule has 0 spiro atoms. The molecule has 2 aliphatic rings. The van der Waals surface area contributed by atoms with Crippen LogP contribution < -0.4 is 16.0 Å². The van der Waals surface area contributed by atoms with E-state index in [9.17, 15) is 9.59 Å². The van der Waals surface area contributed by atoms with E-state index in [1.807, 2.05) is 0 Å². The molecule has 1 aliphatic heterocycles. The van der Waals surface area contributed by atoms with Gasteiger partial charge in [-0.2, -0.15) is 0 Å². The Morgan fingerprint density at radius 2 is 1.91 bits per heavy atom. The lowest BCUT2D eigenvalue weighted by atomic mass is 9.79. The van der Waals surface area contributed by atoms with Crippen molar-refractivity contribution < 1.29 is 14.3 Å². The third kappa shape index (κ3) is 5.18. The van der Waals surface area contributed by atoms with Crippen molar-refractivity contribution in [3.05, 3.63) is 0 Å². The molecule has 0 aromatic carbocycles. The fourth-order valence-electron chi connectivity index (χ4n) is 3.93. The summed E-state index contributed by atoms with van der Waals surface area (Å²) in [7, 11) is 1.71. The van der Waals surface area contributed by atoms with Crippen LogP contribution in [0.15, 0.2) is 0 Å². The fraction of sp³-hybridized carbons (Fsp3) is 0.882. The van der Waals surface area contributed by atoms with E-state index in [0.717, 1.165) is 51.6 Å². The van der Waals surface area contributed by atoms with Crippen LogP contribution in [-0.2, 0) is 14.3 Å². The number of carbonyl (C=O) groups is 2. The third-order valence-corrected chi connectivity index (χ3v) is 5.26. The Labute approximate surface area is 139 Å². The first-order valence-corrected chi connectivity index (χ1v) is 8.81. The van der Waals surface area contributed by atoms with E-state index >= 15 is 0 Å². The molecular formula is C17H31N3O3. The van der Waals surface area contributed by atoms with E-state index in [1.54, 1.807) is 7.11 Å². The van der Waals surface area contributed by atoms with Crippen LogP contribution in [0, 0.1) is 11.3 Å². The number of hydrogen-bond acceptors (Lipinski definition) is 4. The van der Waals surface area contributed by atoms with Gasteiger partial charge < -0.3 is 20.7 Å². The fourth-order valence-corrected chi connectivity index (χ4v) is 3.93. The molecular weight excluding hydrogens is 294 g/mol. The lowest BCUT2D eigenvalue weighted by Gasteiger charge is -2.37. The molecule has 1 saturated heterocycles. The van der Waals surface area contributed by atoms with Gasteiger partial charge in [-0.3, -0.25) is 9.59 Å². The number of nitrogens with one attached hydrogen (secondary N) is 3. The van der Waals surface area contributed by atoms with E-state index < -0.39 is 6.04 Å². The van der Waals surface area contributed by atoms with Crippen LogP contribution >= 0.6 is 0 Å². The third-order valence-electron chi connectivity index (χ3n) is 5.26. The summed E-state index contributed by atoms with van der Waals surface area (Å²) in [5.41, 5.74) is 0.00606. The molecule has 132 valence electrons. The summed E-state index contributed by atoms with van der Waals surface area (Å²) in [5.74, 6) is 0.0944. The van der Waals surface area contributed by atoms with Gasteiger partial charge in [0.2, 0.25) is 11.8 Å². The highest BCUT2D eigenvalue weighted by Gasteiger charge is 2.35. The molecule has 1 aliphatic carbocycles. The van der Waals surface area contributed by atoms with Crippen molar-refractivity contribution in [3.63, 3.8) is 0 Å². The average Bonchev–Trinajstić information content (AvgIpc) is 3.05. The first kappa shape index (κ1) is 18.2. The van der Waals surface area contributed by atoms with E-state index in [-0.39, 0.29) is 23.1 Å². The smallest absolute Gasteiger partial charge is 0.242 e. The molecule has 2 fully saturated rings. The van der Waals surface area contributed by atoms with Crippen molar-refractivity contribution in [2.75, 3.05) is 33.4 Å². The number of ether oxygens (including phenoxy) is 1. The van der Waals surface area contributed by atoms with Crippen LogP contribution in [0.25, 0.3) is 0 Å². The summed E-state index contributed by atoms with van der Waals surface area (Å²) in [6.07, 6.45) is 6.32. The largest absolute Gasteiger partial charge is 0.384 e. The molecule has 3 N–H and O–H groups in total. The van der Waals surface area contributed by atoms with Crippen LogP contribution in [0.1, 0.15) is 45.4 Å². The highest BCUT2D eigenvalue weighted by atomic mass is 16.5. The molecule has 6 heteroatoms. The maximum Gasteiger partial charge on any atom is 0.242 e. The van der Waals surface area contributed by atoms with Crippen molar-refractivity contribution in [2.24, 2.45) is 11.3 Å². The summed E-state index contributed by atoms with van der Waals surface area (Å²) in [5, 5.41) is 9.31. The molecule has 2 amide bonds. The predicted molar refractivity (Wildman–Crippen MR) is 89.0 cm³/mol. The topological polar surface area (TPSA) is 79.5 Å². The van der Waals surface area contributed by atoms with Gasteiger partial charge in [0.25, 0.3) is 0 Å². The molecule has 0 bridgehead atoms. The summed E-state index contributed by atoms with van der Waals surface area (Å²) < 4.78 is 5.39. The van der Waals surface area contributed by atoms with Crippen LogP contribution in [0.4, 0.5) is 0 Å². The number of piperidine rings is 1. The zero-order chi connectivity index (χ0) is 16.7. The van der Waals surface area contributed by atoms with E-state index in [2.05, 4.69) is 16.0 Å². The SMILES string of the molecule is COCC1(CNC(=O)C(NC(C)=O)C2CCCC2)CCNCC1. The van der Waals surface area contributed by atoms with E-state index in [0.29, 0.717) is 13.2 Å². The standard InChI is InChI=1S/C17H31N3O3/c1-13(21)20-15(14-5-3-4-6-14)16(22)19-11-17(12-23-2)7-9-18-10-8-17/h14-15,18H,3-12H2,1-2H3,(H,19,22)(H,20,21). The first-order chi connectivity index (χ1) is 11.1. The predicted octanol–water partition coefficient (Wildman–Crippen LogP) is 0.814. The molecule has 6 nitrogen and oxygen atoms in total. The maximum absolute atomic E-state index is 12.7. The molecule has 1 atom stereocenters. The number of rotatable bonds is 7. The molecule has 1 heterocycles. The molecule has 1 unspecified atom stereocenters. The Morgan fingerprint density at radius 1 is 1.26 bits per heavy atom. The van der Waals surface area contributed by atoms with Gasteiger partial charge in [0, 0.05) is 26.0 Å². The van der Waals surface area contributed by atoms with Crippen LogP contribution in [0.2, 0.25) is 0 Å². The molecule has 0 radical (unpaired) electrons. The normalized spacial score (nSPS) is 22.5. The number of carbonyl (C=O) groups excluding carboxylic acids is 2. The van der Waals surface area contributed by atoms with Gasteiger partial charge in [-0.25, -0.2) is 0 Å². The second-order valence-electron chi connectivity index (χ2n) is 7.12. The Balaban J connectivity index is 1.94. The van der Waals surface area contributed by atoms with Crippen molar-refractivity contribution in [1.82, 2.24) is 16.0 Å². The van der Waals surface area contributed by atoms with Gasteiger partial charge in [0.1, 0.15) is 6.04 Å². The second kappa shape index (κ2) is 8.64. The van der Waals surface area contributed by atoms with Crippen LogP contribution in [-0.4, -0.2) is 51.2 Å². The highest BCUT2D eigenvalue weighted by Crippen LogP contribution is 2.30. The molecule has 0 aromatic heterocycles.